The third kappa shape index (κ3) is 3.35. The molecule has 1 fully saturated rings. The third-order valence-electron chi connectivity index (χ3n) is 4.71. The number of nitrogens with two attached hydrogens (primary N) is 1. The number of aliphatic imine (C=N–C) groups is 1. The predicted octanol–water partition coefficient (Wildman–Crippen LogP) is 4.08. The van der Waals surface area contributed by atoms with Crippen LogP contribution in [-0.4, -0.2) is 32.3 Å². The van der Waals surface area contributed by atoms with E-state index in [1.165, 1.54) is 4.57 Å². The first kappa shape index (κ1) is 19.5. The third-order valence-corrected chi connectivity index (χ3v) is 4.71. The Kier molecular flexibility index (Phi) is 4.41. The molecule has 3 rings (SSSR count). The van der Waals surface area contributed by atoms with Crippen LogP contribution in [0.15, 0.2) is 23.2 Å². The summed E-state index contributed by atoms with van der Waals surface area (Å²) in [4.78, 5) is 7.65. The van der Waals surface area contributed by atoms with Crippen LogP contribution in [0.3, 0.4) is 0 Å². The molecule has 5 nitrogen and oxygen atoms in total. The molecule has 0 aliphatic heterocycles. The quantitative estimate of drug-likeness (QED) is 0.468. The van der Waals surface area contributed by atoms with Crippen molar-refractivity contribution >= 4 is 22.8 Å². The molecule has 0 unspecified atom stereocenters. The number of hydrogen-bond acceptors (Lipinski definition) is 3. The Hall–Kier alpha value is -2.30. The summed E-state index contributed by atoms with van der Waals surface area (Å²) in [6.45, 7) is 0.448. The minimum atomic E-state index is -5.07. The summed E-state index contributed by atoms with van der Waals surface area (Å²) in [7, 11) is 0. The van der Waals surface area contributed by atoms with Crippen LogP contribution in [0, 0.1) is 0 Å². The molecule has 3 N–H and O–H groups in total. The van der Waals surface area contributed by atoms with Crippen LogP contribution in [0.5, 0.6) is 0 Å². The monoisotopic (exact) mass is 394 g/mol. The van der Waals surface area contributed by atoms with Gasteiger partial charge < -0.3 is 15.4 Å². The minimum Gasteiger partial charge on any atom is -0.384 e. The van der Waals surface area contributed by atoms with Crippen molar-refractivity contribution in [2.45, 2.75) is 50.2 Å². The molecule has 0 radical (unpaired) electrons. The summed E-state index contributed by atoms with van der Waals surface area (Å²) < 4.78 is 79.2. The topological polar surface area (TPSA) is 76.4 Å². The van der Waals surface area contributed by atoms with E-state index in [2.05, 4.69) is 9.98 Å². The molecule has 1 aliphatic carbocycles. The van der Waals surface area contributed by atoms with Crippen molar-refractivity contribution in [2.24, 2.45) is 10.7 Å². The molecule has 0 saturated heterocycles. The average Bonchev–Trinajstić information content (AvgIpc) is 2.81. The van der Waals surface area contributed by atoms with E-state index in [1.54, 1.807) is 0 Å². The maximum atomic E-state index is 13.0. The highest BCUT2D eigenvalue weighted by molar-refractivity contribution is 5.91. The van der Waals surface area contributed by atoms with E-state index >= 15 is 0 Å². The normalized spacial score (nSPS) is 19.2. The number of nitrogens with zero attached hydrogens (tertiary/aromatic N) is 3. The van der Waals surface area contributed by atoms with Crippen LogP contribution in [0.25, 0.3) is 11.0 Å². The van der Waals surface area contributed by atoms with Gasteiger partial charge in [-0.3, -0.25) is 0 Å². The molecule has 1 saturated carbocycles. The molecule has 1 aromatic carbocycles. The first-order valence-electron chi connectivity index (χ1n) is 8.05. The number of alkyl halides is 6. The van der Waals surface area contributed by atoms with Crippen LogP contribution in [0.1, 0.15) is 37.8 Å². The summed E-state index contributed by atoms with van der Waals surface area (Å²) in [5.74, 6) is -1.40. The van der Waals surface area contributed by atoms with Gasteiger partial charge in [-0.1, -0.05) is 0 Å². The van der Waals surface area contributed by atoms with E-state index in [-0.39, 0.29) is 23.0 Å². The fourth-order valence-corrected chi connectivity index (χ4v) is 2.70. The highest BCUT2D eigenvalue weighted by Gasteiger charge is 2.53. The predicted molar refractivity (Wildman–Crippen MR) is 85.6 cm³/mol. The van der Waals surface area contributed by atoms with Gasteiger partial charge in [0.25, 0.3) is 0 Å². The average molecular weight is 394 g/mol. The van der Waals surface area contributed by atoms with E-state index in [1.807, 2.05) is 0 Å². The van der Waals surface area contributed by atoms with Crippen molar-refractivity contribution in [3.8, 4) is 0 Å². The molecule has 1 aromatic heterocycles. The number of aromatic nitrogens is 2. The zero-order valence-electron chi connectivity index (χ0n) is 14.1. The zero-order chi connectivity index (χ0) is 20.2. The maximum Gasteiger partial charge on any atom is 0.424 e. The van der Waals surface area contributed by atoms with Gasteiger partial charge in [0, 0.05) is 6.04 Å². The van der Waals surface area contributed by atoms with Gasteiger partial charge in [0.05, 0.1) is 16.6 Å². The van der Waals surface area contributed by atoms with Gasteiger partial charge in [-0.2, -0.15) is 31.3 Å². The van der Waals surface area contributed by atoms with Crippen LogP contribution < -0.4 is 5.73 Å². The zero-order valence-corrected chi connectivity index (χ0v) is 14.1. The van der Waals surface area contributed by atoms with Gasteiger partial charge in [0.15, 0.2) is 0 Å². The first-order chi connectivity index (χ1) is 12.3. The molecule has 0 spiro atoms. The Morgan fingerprint density at radius 1 is 1.22 bits per heavy atom. The molecule has 1 aliphatic rings. The highest BCUT2D eigenvalue weighted by Crippen LogP contribution is 2.40. The van der Waals surface area contributed by atoms with Gasteiger partial charge in [0.2, 0.25) is 11.5 Å². The standard InChI is InChI=1S/C16H16F6N4O/c1-14(27,16(20,21)22)12(23)25-13-24-10-6-5-8(15(17,18)19)7-11(10)26(13)9-3-2-4-9/h5-7,9,27H,2-4H2,1H3,(H2,23,24,25)/t14-/m0/s1. The summed E-state index contributed by atoms with van der Waals surface area (Å²) in [6, 6.07) is 2.60. The Morgan fingerprint density at radius 2 is 1.85 bits per heavy atom. The van der Waals surface area contributed by atoms with E-state index in [4.69, 9.17) is 5.73 Å². The number of imidazole rings is 1. The van der Waals surface area contributed by atoms with Crippen molar-refractivity contribution in [2.75, 3.05) is 0 Å². The first-order valence-corrected chi connectivity index (χ1v) is 8.05. The molecule has 2 aromatic rings. The van der Waals surface area contributed by atoms with Crippen molar-refractivity contribution in [1.29, 1.82) is 0 Å². The van der Waals surface area contributed by atoms with Gasteiger partial charge in [0.1, 0.15) is 5.84 Å². The van der Waals surface area contributed by atoms with Crippen molar-refractivity contribution < 1.29 is 31.4 Å². The number of hydrogen-bond donors (Lipinski definition) is 2. The molecule has 27 heavy (non-hydrogen) atoms. The summed E-state index contributed by atoms with van der Waals surface area (Å²) in [5, 5.41) is 9.64. The maximum absolute atomic E-state index is 13.0. The van der Waals surface area contributed by atoms with Crippen LogP contribution >= 0.6 is 0 Å². The number of rotatable bonds is 3. The molecule has 0 amide bonds. The smallest absolute Gasteiger partial charge is 0.384 e. The van der Waals surface area contributed by atoms with E-state index in [0.717, 1.165) is 24.6 Å². The number of amidine groups is 1. The fourth-order valence-electron chi connectivity index (χ4n) is 2.70. The number of halogens is 6. The number of fused-ring (bicyclic) bond motifs is 1. The lowest BCUT2D eigenvalue weighted by atomic mass is 9.92. The van der Waals surface area contributed by atoms with E-state index in [0.29, 0.717) is 19.8 Å². The van der Waals surface area contributed by atoms with Gasteiger partial charge in [-0.15, -0.1) is 0 Å². The van der Waals surface area contributed by atoms with E-state index < -0.39 is 29.4 Å². The summed E-state index contributed by atoms with van der Waals surface area (Å²) >= 11 is 0. The SMILES string of the molecule is C[C@](O)(C(N)=Nc1nc2ccc(C(F)(F)F)cc2n1C1CCC1)C(F)(F)F. The van der Waals surface area contributed by atoms with Crippen molar-refractivity contribution in [1.82, 2.24) is 9.55 Å². The lowest BCUT2D eigenvalue weighted by molar-refractivity contribution is -0.223. The van der Waals surface area contributed by atoms with Gasteiger partial charge >= 0.3 is 12.4 Å². The number of benzene rings is 1. The van der Waals surface area contributed by atoms with E-state index in [9.17, 15) is 31.4 Å². The fraction of sp³-hybridized carbons (Fsp3) is 0.500. The second-order valence-corrected chi connectivity index (χ2v) is 6.63. The van der Waals surface area contributed by atoms with Gasteiger partial charge in [-0.05, 0) is 44.4 Å². The molecular weight excluding hydrogens is 378 g/mol. The molecular formula is C16H16F6N4O. The summed E-state index contributed by atoms with van der Waals surface area (Å²) in [6.07, 6.45) is -7.58. The Balaban J connectivity index is 2.17. The molecule has 11 heteroatoms. The molecule has 0 bridgehead atoms. The Morgan fingerprint density at radius 3 is 2.33 bits per heavy atom. The summed E-state index contributed by atoms with van der Waals surface area (Å²) in [5.41, 5.74) is 1.32. The molecule has 1 atom stereocenters. The van der Waals surface area contributed by atoms with Crippen molar-refractivity contribution in [3.05, 3.63) is 23.8 Å². The second kappa shape index (κ2) is 6.11. The van der Waals surface area contributed by atoms with Crippen LogP contribution in [0.2, 0.25) is 0 Å². The lowest BCUT2D eigenvalue weighted by Gasteiger charge is -2.29. The Labute approximate surface area is 149 Å². The van der Waals surface area contributed by atoms with Crippen molar-refractivity contribution in [3.63, 3.8) is 0 Å². The van der Waals surface area contributed by atoms with Crippen LogP contribution in [0.4, 0.5) is 32.3 Å². The molecule has 148 valence electrons. The molecule has 1 heterocycles. The van der Waals surface area contributed by atoms with Crippen LogP contribution in [-0.2, 0) is 6.18 Å². The Bertz CT molecular complexity index is 893. The minimum absolute atomic E-state index is 0.104. The van der Waals surface area contributed by atoms with Gasteiger partial charge in [-0.25, -0.2) is 4.98 Å². The lowest BCUT2D eigenvalue weighted by Crippen LogP contribution is -2.53. The number of aliphatic hydroxyl groups is 1. The second-order valence-electron chi connectivity index (χ2n) is 6.63. The highest BCUT2D eigenvalue weighted by atomic mass is 19.4. The largest absolute Gasteiger partial charge is 0.424 e.